The molecule has 10 heteroatoms. The van der Waals surface area contributed by atoms with Crippen LogP contribution in [0.25, 0.3) is 22.6 Å². The summed E-state index contributed by atoms with van der Waals surface area (Å²) in [5, 5.41) is 0.419. The second-order valence-electron chi connectivity index (χ2n) is 10.1. The van der Waals surface area contributed by atoms with E-state index in [9.17, 15) is 4.79 Å². The first-order valence-electron chi connectivity index (χ1n) is 12.3. The van der Waals surface area contributed by atoms with E-state index in [1.807, 2.05) is 29.7 Å². The van der Waals surface area contributed by atoms with Gasteiger partial charge in [0.25, 0.3) is 5.91 Å². The molecule has 37 heavy (non-hydrogen) atoms. The molecule has 1 saturated heterocycles. The van der Waals surface area contributed by atoms with Gasteiger partial charge in [-0.15, -0.1) is 0 Å². The highest BCUT2D eigenvalue weighted by molar-refractivity contribution is 6.33. The van der Waals surface area contributed by atoms with E-state index >= 15 is 0 Å². The van der Waals surface area contributed by atoms with Crippen molar-refractivity contribution in [1.82, 2.24) is 29.4 Å². The molecular formula is C27H27ClN6O3. The van der Waals surface area contributed by atoms with Crippen LogP contribution in [0, 0.1) is 6.92 Å². The summed E-state index contributed by atoms with van der Waals surface area (Å²) in [6.45, 7) is 5.63. The van der Waals surface area contributed by atoms with Crippen LogP contribution in [0.3, 0.4) is 0 Å². The first kappa shape index (κ1) is 23.8. The zero-order valence-corrected chi connectivity index (χ0v) is 21.7. The normalized spacial score (nSPS) is 16.4. The number of hydrogen-bond acceptors (Lipinski definition) is 7. The Morgan fingerprint density at radius 1 is 1.22 bits per heavy atom. The highest BCUT2D eigenvalue weighted by Gasteiger charge is 2.41. The summed E-state index contributed by atoms with van der Waals surface area (Å²) in [5.41, 5.74) is 4.15. The van der Waals surface area contributed by atoms with Gasteiger partial charge in [-0.25, -0.2) is 9.97 Å². The van der Waals surface area contributed by atoms with Gasteiger partial charge in [-0.2, -0.15) is 4.98 Å². The van der Waals surface area contributed by atoms with Gasteiger partial charge in [0.2, 0.25) is 5.88 Å². The lowest BCUT2D eigenvalue weighted by atomic mass is 10.1. The van der Waals surface area contributed by atoms with Gasteiger partial charge in [-0.3, -0.25) is 9.78 Å². The van der Waals surface area contributed by atoms with E-state index in [0.29, 0.717) is 58.8 Å². The highest BCUT2D eigenvalue weighted by Crippen LogP contribution is 2.41. The van der Waals surface area contributed by atoms with Crippen molar-refractivity contribution in [1.29, 1.82) is 0 Å². The van der Waals surface area contributed by atoms with Crippen molar-refractivity contribution >= 4 is 28.7 Å². The molecule has 0 N–H and O–H groups in total. The molecular weight excluding hydrogens is 492 g/mol. The molecule has 0 atom stereocenters. The van der Waals surface area contributed by atoms with Crippen molar-refractivity contribution in [3.8, 4) is 17.3 Å². The van der Waals surface area contributed by atoms with Crippen LogP contribution >= 0.6 is 11.6 Å². The molecule has 0 bridgehead atoms. The minimum Gasteiger partial charge on any atom is -0.470 e. The van der Waals surface area contributed by atoms with Gasteiger partial charge in [0.15, 0.2) is 11.2 Å². The number of ether oxygens (including phenoxy) is 2. The molecule has 1 aromatic carbocycles. The number of fused-ring (bicyclic) bond motifs is 1. The van der Waals surface area contributed by atoms with E-state index in [4.69, 9.17) is 26.1 Å². The van der Waals surface area contributed by atoms with E-state index in [-0.39, 0.29) is 17.6 Å². The van der Waals surface area contributed by atoms with Gasteiger partial charge < -0.3 is 18.9 Å². The van der Waals surface area contributed by atoms with Gasteiger partial charge in [-0.05, 0) is 62.6 Å². The number of benzene rings is 1. The Bertz CT molecular complexity index is 1510. The molecule has 1 aliphatic carbocycles. The summed E-state index contributed by atoms with van der Waals surface area (Å²) in [6.07, 6.45) is 5.24. The monoisotopic (exact) mass is 518 g/mol. The quantitative estimate of drug-likeness (QED) is 0.360. The number of carbonyl (C=O) groups excluding carboxylic acids is 1. The number of halogens is 1. The van der Waals surface area contributed by atoms with Crippen LogP contribution in [-0.4, -0.2) is 67.2 Å². The number of hydrogen-bond donors (Lipinski definition) is 0. The third kappa shape index (κ3) is 4.53. The van der Waals surface area contributed by atoms with Gasteiger partial charge in [0, 0.05) is 24.4 Å². The summed E-state index contributed by atoms with van der Waals surface area (Å²) in [5.74, 6) is 0.960. The third-order valence-corrected chi connectivity index (χ3v) is 7.35. The summed E-state index contributed by atoms with van der Waals surface area (Å²) >= 11 is 6.79. The molecule has 4 aromatic rings. The maximum atomic E-state index is 13.0. The third-order valence-electron chi connectivity index (χ3n) is 7.03. The molecule has 1 saturated carbocycles. The summed E-state index contributed by atoms with van der Waals surface area (Å²) in [6, 6.07) is 9.38. The minimum atomic E-state index is -0.222. The Morgan fingerprint density at radius 3 is 2.70 bits per heavy atom. The zero-order valence-electron chi connectivity index (χ0n) is 20.9. The van der Waals surface area contributed by atoms with E-state index < -0.39 is 0 Å². The van der Waals surface area contributed by atoms with Crippen molar-refractivity contribution in [2.75, 3.05) is 20.3 Å². The number of aromatic nitrogens is 5. The van der Waals surface area contributed by atoms with Crippen LogP contribution in [-0.2, 0) is 11.3 Å². The van der Waals surface area contributed by atoms with Gasteiger partial charge in [-0.1, -0.05) is 11.6 Å². The second-order valence-corrected chi connectivity index (χ2v) is 10.5. The minimum absolute atomic E-state index is 0.0855. The standard InChI is InChI=1S/C27H27ClN6O3/c1-16-6-9-29-18(10-16)12-34-23(32-22-24(34)30-15-31-25(22)37-27(2)7-8-27)20-5-4-17(11-21(20)28)26(35)33(3)19-13-36-14-19/h4-6,9-11,15,19H,7-8,12-14H2,1-3H3. The van der Waals surface area contributed by atoms with Crippen LogP contribution in [0.5, 0.6) is 5.88 Å². The molecule has 3 aromatic heterocycles. The van der Waals surface area contributed by atoms with Gasteiger partial charge in [0.1, 0.15) is 17.8 Å². The summed E-state index contributed by atoms with van der Waals surface area (Å²) < 4.78 is 13.4. The van der Waals surface area contributed by atoms with Crippen LogP contribution < -0.4 is 4.74 Å². The number of pyridine rings is 1. The number of amides is 1. The van der Waals surface area contributed by atoms with Crippen molar-refractivity contribution in [2.45, 2.75) is 44.9 Å². The lowest BCUT2D eigenvalue weighted by Gasteiger charge is -2.34. The maximum absolute atomic E-state index is 13.0. The Morgan fingerprint density at radius 2 is 2.03 bits per heavy atom. The first-order chi connectivity index (χ1) is 17.8. The lowest BCUT2D eigenvalue weighted by Crippen LogP contribution is -2.49. The Hall–Kier alpha value is -3.56. The van der Waals surface area contributed by atoms with Gasteiger partial charge in [0.05, 0.1) is 36.5 Å². The Labute approximate surface area is 219 Å². The lowest BCUT2D eigenvalue weighted by molar-refractivity contribution is -0.0467. The van der Waals surface area contributed by atoms with E-state index in [1.165, 1.54) is 6.33 Å². The molecule has 0 unspecified atom stereocenters. The fourth-order valence-electron chi connectivity index (χ4n) is 4.35. The Balaban J connectivity index is 1.44. The molecule has 190 valence electrons. The van der Waals surface area contributed by atoms with Crippen molar-refractivity contribution in [3.05, 3.63) is 64.7 Å². The van der Waals surface area contributed by atoms with E-state index in [1.54, 1.807) is 30.3 Å². The number of nitrogens with zero attached hydrogens (tertiary/aromatic N) is 6. The van der Waals surface area contributed by atoms with Crippen LogP contribution in [0.2, 0.25) is 5.02 Å². The molecule has 4 heterocycles. The van der Waals surface area contributed by atoms with E-state index in [0.717, 1.165) is 24.1 Å². The van der Waals surface area contributed by atoms with Crippen LogP contribution in [0.4, 0.5) is 0 Å². The molecule has 9 nitrogen and oxygen atoms in total. The number of aryl methyl sites for hydroxylation is 1. The van der Waals surface area contributed by atoms with Crippen LogP contribution in [0.1, 0.15) is 41.4 Å². The zero-order chi connectivity index (χ0) is 25.7. The average molecular weight is 519 g/mol. The fraction of sp³-hybridized carbons (Fsp3) is 0.370. The topological polar surface area (TPSA) is 95.3 Å². The molecule has 2 fully saturated rings. The average Bonchev–Trinajstić information content (AvgIpc) is 3.45. The van der Waals surface area contributed by atoms with E-state index in [2.05, 4.69) is 21.9 Å². The fourth-order valence-corrected chi connectivity index (χ4v) is 4.62. The SMILES string of the molecule is Cc1ccnc(Cn2c(-c3ccc(C(=O)N(C)C4COC4)cc3Cl)nc3c(OC4(C)CC4)ncnc32)c1. The van der Waals surface area contributed by atoms with Crippen molar-refractivity contribution in [3.63, 3.8) is 0 Å². The highest BCUT2D eigenvalue weighted by atomic mass is 35.5. The largest absolute Gasteiger partial charge is 0.470 e. The maximum Gasteiger partial charge on any atom is 0.254 e. The van der Waals surface area contributed by atoms with Crippen molar-refractivity contribution < 1.29 is 14.3 Å². The predicted octanol–water partition coefficient (Wildman–Crippen LogP) is 4.30. The molecule has 1 aliphatic heterocycles. The smallest absolute Gasteiger partial charge is 0.254 e. The molecule has 6 rings (SSSR count). The Kier molecular flexibility index (Phi) is 5.84. The molecule has 2 aliphatic rings. The van der Waals surface area contributed by atoms with Gasteiger partial charge >= 0.3 is 0 Å². The van der Waals surface area contributed by atoms with Crippen molar-refractivity contribution in [2.24, 2.45) is 0 Å². The number of carbonyl (C=O) groups is 1. The number of rotatable bonds is 7. The summed E-state index contributed by atoms with van der Waals surface area (Å²) in [4.78, 5) is 33.1. The molecule has 1 amide bonds. The first-order valence-corrected chi connectivity index (χ1v) is 12.7. The number of likely N-dealkylation sites (N-methyl/N-ethyl adjacent to an activating group) is 1. The predicted molar refractivity (Wildman–Crippen MR) is 139 cm³/mol. The molecule has 0 radical (unpaired) electrons. The summed E-state index contributed by atoms with van der Waals surface area (Å²) in [7, 11) is 1.78. The molecule has 0 spiro atoms. The number of imidazole rings is 1. The second kappa shape index (κ2) is 9.08. The van der Waals surface area contributed by atoms with Crippen LogP contribution in [0.15, 0.2) is 42.9 Å².